The van der Waals surface area contributed by atoms with Crippen LogP contribution in [0.4, 0.5) is 0 Å². The maximum absolute atomic E-state index is 5.55. The molecule has 1 aromatic heterocycles. The highest BCUT2D eigenvalue weighted by molar-refractivity contribution is 7.09. The molecule has 1 aliphatic rings. The van der Waals surface area contributed by atoms with Gasteiger partial charge in [0, 0.05) is 17.4 Å². The lowest BCUT2D eigenvalue weighted by Gasteiger charge is -2.02. The SMILES string of the molecule is NCCc1nc(-c2ccc3c(c2)CCC3)cs1. The van der Waals surface area contributed by atoms with Gasteiger partial charge in [0.15, 0.2) is 0 Å². The van der Waals surface area contributed by atoms with E-state index >= 15 is 0 Å². The molecule has 2 aromatic rings. The van der Waals surface area contributed by atoms with E-state index in [9.17, 15) is 0 Å². The van der Waals surface area contributed by atoms with E-state index in [2.05, 4.69) is 28.6 Å². The number of thiazole rings is 1. The van der Waals surface area contributed by atoms with Crippen molar-refractivity contribution < 1.29 is 0 Å². The van der Waals surface area contributed by atoms with Crippen molar-refractivity contribution in [1.82, 2.24) is 4.98 Å². The number of aryl methyl sites for hydroxylation is 2. The number of hydrogen-bond donors (Lipinski definition) is 1. The molecular formula is C14H16N2S. The summed E-state index contributed by atoms with van der Waals surface area (Å²) in [5, 5.41) is 3.28. The third-order valence-corrected chi connectivity index (χ3v) is 4.21. The van der Waals surface area contributed by atoms with Gasteiger partial charge < -0.3 is 5.73 Å². The molecule has 0 fully saturated rings. The van der Waals surface area contributed by atoms with Gasteiger partial charge in [0.2, 0.25) is 0 Å². The van der Waals surface area contributed by atoms with Gasteiger partial charge in [-0.2, -0.15) is 0 Å². The van der Waals surface area contributed by atoms with Gasteiger partial charge >= 0.3 is 0 Å². The van der Waals surface area contributed by atoms with Gasteiger partial charge in [-0.05, 0) is 43.0 Å². The quantitative estimate of drug-likeness (QED) is 0.901. The molecule has 2 N–H and O–H groups in total. The smallest absolute Gasteiger partial charge is 0.0945 e. The van der Waals surface area contributed by atoms with Crippen molar-refractivity contribution in [3.63, 3.8) is 0 Å². The molecule has 1 aromatic carbocycles. The first kappa shape index (κ1) is 10.9. The van der Waals surface area contributed by atoms with Gasteiger partial charge in [-0.15, -0.1) is 11.3 Å². The summed E-state index contributed by atoms with van der Waals surface area (Å²) in [5.41, 5.74) is 10.9. The average molecular weight is 244 g/mol. The molecular weight excluding hydrogens is 228 g/mol. The molecule has 0 unspecified atom stereocenters. The molecule has 1 aliphatic carbocycles. The van der Waals surface area contributed by atoms with Crippen LogP contribution in [0.2, 0.25) is 0 Å². The lowest BCUT2D eigenvalue weighted by atomic mass is 10.1. The van der Waals surface area contributed by atoms with Crippen molar-refractivity contribution >= 4 is 11.3 Å². The molecule has 1 heterocycles. The summed E-state index contributed by atoms with van der Waals surface area (Å²) in [4.78, 5) is 4.63. The van der Waals surface area contributed by atoms with Gasteiger partial charge in [-0.3, -0.25) is 0 Å². The molecule has 0 saturated carbocycles. The van der Waals surface area contributed by atoms with E-state index in [1.54, 1.807) is 11.3 Å². The summed E-state index contributed by atoms with van der Waals surface area (Å²) in [6, 6.07) is 6.77. The van der Waals surface area contributed by atoms with E-state index < -0.39 is 0 Å². The Morgan fingerprint density at radius 1 is 1.24 bits per heavy atom. The fourth-order valence-electron chi connectivity index (χ4n) is 2.41. The normalized spacial score (nSPS) is 13.9. The second-order valence-electron chi connectivity index (χ2n) is 4.50. The fraction of sp³-hybridized carbons (Fsp3) is 0.357. The number of hydrogen-bond acceptors (Lipinski definition) is 3. The van der Waals surface area contributed by atoms with Gasteiger partial charge in [-0.25, -0.2) is 4.98 Å². The molecule has 0 saturated heterocycles. The van der Waals surface area contributed by atoms with Crippen molar-refractivity contribution in [2.75, 3.05) is 6.54 Å². The highest BCUT2D eigenvalue weighted by Crippen LogP contribution is 2.28. The molecule has 2 nitrogen and oxygen atoms in total. The van der Waals surface area contributed by atoms with Crippen molar-refractivity contribution in [2.24, 2.45) is 5.73 Å². The van der Waals surface area contributed by atoms with E-state index in [1.165, 1.54) is 36.0 Å². The monoisotopic (exact) mass is 244 g/mol. The Labute approximate surface area is 106 Å². The summed E-state index contributed by atoms with van der Waals surface area (Å²) in [6.07, 6.45) is 4.65. The maximum Gasteiger partial charge on any atom is 0.0945 e. The zero-order valence-corrected chi connectivity index (χ0v) is 10.6. The number of aromatic nitrogens is 1. The molecule has 0 spiro atoms. The van der Waals surface area contributed by atoms with E-state index in [4.69, 9.17) is 5.73 Å². The van der Waals surface area contributed by atoms with Crippen LogP contribution in [-0.4, -0.2) is 11.5 Å². The predicted molar refractivity (Wildman–Crippen MR) is 72.3 cm³/mol. The first-order valence-electron chi connectivity index (χ1n) is 6.13. The topological polar surface area (TPSA) is 38.9 Å². The van der Waals surface area contributed by atoms with Crippen molar-refractivity contribution in [3.8, 4) is 11.3 Å². The first-order valence-corrected chi connectivity index (χ1v) is 7.01. The van der Waals surface area contributed by atoms with E-state index in [-0.39, 0.29) is 0 Å². The zero-order chi connectivity index (χ0) is 11.7. The standard InChI is InChI=1S/C14H16N2S/c15-7-6-14-16-13(9-17-14)12-5-4-10-2-1-3-11(10)8-12/h4-5,8-9H,1-3,6-7,15H2. The Kier molecular flexibility index (Phi) is 2.95. The van der Waals surface area contributed by atoms with Crippen LogP contribution in [0.1, 0.15) is 22.6 Å². The minimum absolute atomic E-state index is 0.678. The predicted octanol–water partition coefficient (Wildman–Crippen LogP) is 2.80. The minimum atomic E-state index is 0.678. The maximum atomic E-state index is 5.55. The van der Waals surface area contributed by atoms with Gasteiger partial charge in [0.05, 0.1) is 10.7 Å². The lowest BCUT2D eigenvalue weighted by molar-refractivity contribution is 0.912. The largest absolute Gasteiger partial charge is 0.330 e. The highest BCUT2D eigenvalue weighted by Gasteiger charge is 2.12. The molecule has 3 rings (SSSR count). The second-order valence-corrected chi connectivity index (χ2v) is 5.44. The van der Waals surface area contributed by atoms with Crippen LogP contribution in [0, 0.1) is 0 Å². The van der Waals surface area contributed by atoms with Crippen LogP contribution in [0.5, 0.6) is 0 Å². The second kappa shape index (κ2) is 4.59. The van der Waals surface area contributed by atoms with Crippen LogP contribution >= 0.6 is 11.3 Å². The van der Waals surface area contributed by atoms with Gasteiger partial charge in [-0.1, -0.05) is 12.1 Å². The van der Waals surface area contributed by atoms with E-state index in [1.807, 2.05) is 0 Å². The lowest BCUT2D eigenvalue weighted by Crippen LogP contribution is -2.01. The van der Waals surface area contributed by atoms with Crippen LogP contribution in [-0.2, 0) is 19.3 Å². The molecule has 0 radical (unpaired) electrons. The van der Waals surface area contributed by atoms with Gasteiger partial charge in [0.1, 0.15) is 0 Å². The summed E-state index contributed by atoms with van der Waals surface area (Å²) >= 11 is 1.71. The summed E-state index contributed by atoms with van der Waals surface area (Å²) in [7, 11) is 0. The number of benzene rings is 1. The summed E-state index contributed by atoms with van der Waals surface area (Å²) in [6.45, 7) is 0.678. The molecule has 88 valence electrons. The minimum Gasteiger partial charge on any atom is -0.330 e. The van der Waals surface area contributed by atoms with E-state index in [0.29, 0.717) is 6.54 Å². The number of rotatable bonds is 3. The Balaban J connectivity index is 1.92. The number of nitrogens with two attached hydrogens (primary N) is 1. The van der Waals surface area contributed by atoms with Crippen molar-refractivity contribution in [1.29, 1.82) is 0 Å². The molecule has 0 bridgehead atoms. The van der Waals surface area contributed by atoms with E-state index in [0.717, 1.165) is 17.1 Å². The number of fused-ring (bicyclic) bond motifs is 1. The molecule has 0 amide bonds. The third-order valence-electron chi connectivity index (χ3n) is 3.30. The van der Waals surface area contributed by atoms with Crippen LogP contribution in [0.25, 0.3) is 11.3 Å². The Bertz CT molecular complexity index is 531. The molecule has 0 atom stereocenters. The number of nitrogens with zero attached hydrogens (tertiary/aromatic N) is 1. The molecule has 0 aliphatic heterocycles. The molecule has 3 heteroatoms. The summed E-state index contributed by atoms with van der Waals surface area (Å²) < 4.78 is 0. The third kappa shape index (κ3) is 2.13. The van der Waals surface area contributed by atoms with Crippen LogP contribution in [0.3, 0.4) is 0 Å². The fourth-order valence-corrected chi connectivity index (χ4v) is 3.24. The van der Waals surface area contributed by atoms with Crippen molar-refractivity contribution in [3.05, 3.63) is 39.7 Å². The zero-order valence-electron chi connectivity index (χ0n) is 9.78. The average Bonchev–Trinajstić information content (AvgIpc) is 2.96. The Morgan fingerprint density at radius 2 is 2.12 bits per heavy atom. The van der Waals surface area contributed by atoms with Crippen LogP contribution in [0.15, 0.2) is 23.6 Å². The first-order chi connectivity index (χ1) is 8.36. The van der Waals surface area contributed by atoms with Gasteiger partial charge in [0.25, 0.3) is 0 Å². The molecule has 17 heavy (non-hydrogen) atoms. The summed E-state index contributed by atoms with van der Waals surface area (Å²) in [5.74, 6) is 0. The Hall–Kier alpha value is -1.19. The highest BCUT2D eigenvalue weighted by atomic mass is 32.1. The Morgan fingerprint density at radius 3 is 3.00 bits per heavy atom. The van der Waals surface area contributed by atoms with Crippen LogP contribution < -0.4 is 5.73 Å². The van der Waals surface area contributed by atoms with Crippen molar-refractivity contribution in [2.45, 2.75) is 25.7 Å².